The van der Waals surface area contributed by atoms with E-state index in [1.165, 1.54) is 16.0 Å². The van der Waals surface area contributed by atoms with Crippen molar-refractivity contribution in [3.05, 3.63) is 63.4 Å². The Kier molecular flexibility index (Phi) is 5.03. The summed E-state index contributed by atoms with van der Waals surface area (Å²) in [4.78, 5) is 25.8. The molecule has 29 heavy (non-hydrogen) atoms. The number of benzene rings is 1. The van der Waals surface area contributed by atoms with E-state index in [0.717, 1.165) is 42.0 Å². The molecule has 4 rings (SSSR count). The highest BCUT2D eigenvalue weighted by molar-refractivity contribution is 7.13. The topological polar surface area (TPSA) is 68.9 Å². The Hall–Kier alpha value is -2.88. The van der Waals surface area contributed by atoms with Crippen molar-refractivity contribution in [2.45, 2.75) is 31.6 Å². The lowest BCUT2D eigenvalue weighted by atomic mass is 10.1. The molecule has 1 aliphatic carbocycles. The van der Waals surface area contributed by atoms with E-state index in [1.807, 2.05) is 17.5 Å². The van der Waals surface area contributed by atoms with Crippen molar-refractivity contribution in [1.29, 1.82) is 0 Å². The highest BCUT2D eigenvalue weighted by Crippen LogP contribution is 2.37. The maximum atomic E-state index is 12.7. The second-order valence-corrected chi connectivity index (χ2v) is 7.69. The average Bonchev–Trinajstić information content (AvgIpc) is 3.26. The van der Waals surface area contributed by atoms with Crippen molar-refractivity contribution < 1.29 is 18.0 Å². The zero-order valence-electron chi connectivity index (χ0n) is 15.1. The molecule has 152 valence electrons. The first-order valence-electron chi connectivity index (χ1n) is 9.03. The summed E-state index contributed by atoms with van der Waals surface area (Å²) < 4.78 is 40.8. The first-order valence-corrected chi connectivity index (χ1v) is 9.91. The molecule has 1 aromatic carbocycles. The van der Waals surface area contributed by atoms with Gasteiger partial charge in [0.25, 0.3) is 5.91 Å². The average molecular weight is 422 g/mol. The second-order valence-electron chi connectivity index (χ2n) is 6.74. The van der Waals surface area contributed by atoms with Crippen molar-refractivity contribution >= 4 is 17.2 Å². The van der Waals surface area contributed by atoms with Crippen molar-refractivity contribution in [1.82, 2.24) is 19.7 Å². The molecule has 0 bridgehead atoms. The van der Waals surface area contributed by atoms with Gasteiger partial charge < -0.3 is 5.32 Å². The quantitative estimate of drug-likeness (QED) is 0.661. The van der Waals surface area contributed by atoms with Gasteiger partial charge in [-0.3, -0.25) is 9.36 Å². The molecule has 0 aliphatic heterocycles. The van der Waals surface area contributed by atoms with Crippen LogP contribution in [0, 0.1) is 0 Å². The van der Waals surface area contributed by atoms with Gasteiger partial charge in [-0.15, -0.1) is 16.4 Å². The van der Waals surface area contributed by atoms with Crippen molar-refractivity contribution in [3.63, 3.8) is 0 Å². The van der Waals surface area contributed by atoms with Gasteiger partial charge in [-0.2, -0.15) is 13.2 Å². The molecule has 10 heteroatoms. The maximum absolute atomic E-state index is 12.7. The number of alkyl halides is 3. The smallest absolute Gasteiger partial charge is 0.350 e. The lowest BCUT2D eigenvalue weighted by Crippen LogP contribution is -2.32. The van der Waals surface area contributed by atoms with Gasteiger partial charge in [-0.25, -0.2) is 9.48 Å². The van der Waals surface area contributed by atoms with Gasteiger partial charge in [-0.1, -0.05) is 6.07 Å². The minimum atomic E-state index is -4.45. The van der Waals surface area contributed by atoms with Crippen LogP contribution < -0.4 is 11.0 Å². The Balaban J connectivity index is 1.43. The van der Waals surface area contributed by atoms with Crippen LogP contribution in [-0.4, -0.2) is 26.8 Å². The van der Waals surface area contributed by atoms with Crippen LogP contribution in [0.1, 0.15) is 34.8 Å². The van der Waals surface area contributed by atoms with Gasteiger partial charge in [0.2, 0.25) is 0 Å². The Bertz CT molecular complexity index is 1060. The van der Waals surface area contributed by atoms with Gasteiger partial charge >= 0.3 is 11.9 Å². The summed E-state index contributed by atoms with van der Waals surface area (Å²) in [5, 5.41) is 8.95. The summed E-state index contributed by atoms with van der Waals surface area (Å²) >= 11 is 1.50. The molecule has 6 nitrogen and oxygen atoms in total. The van der Waals surface area contributed by atoms with Crippen molar-refractivity contribution in [2.24, 2.45) is 0 Å². The van der Waals surface area contributed by atoms with Crippen LogP contribution in [0.15, 0.2) is 46.6 Å². The normalized spacial score (nSPS) is 14.2. The predicted octanol–water partition coefficient (Wildman–Crippen LogP) is 3.56. The van der Waals surface area contributed by atoms with E-state index in [4.69, 9.17) is 0 Å². The third-order valence-electron chi connectivity index (χ3n) is 4.61. The molecule has 1 fully saturated rings. The summed E-state index contributed by atoms with van der Waals surface area (Å²) in [6.07, 6.45) is -2.57. The van der Waals surface area contributed by atoms with E-state index in [9.17, 15) is 22.8 Å². The van der Waals surface area contributed by atoms with Gasteiger partial charge in [0.1, 0.15) is 0 Å². The van der Waals surface area contributed by atoms with Crippen LogP contribution in [0.2, 0.25) is 0 Å². The molecule has 3 aromatic rings. The lowest BCUT2D eigenvalue weighted by molar-refractivity contribution is -0.137. The number of carbonyl (C=O) groups is 1. The first-order chi connectivity index (χ1) is 13.8. The number of amides is 1. The summed E-state index contributed by atoms with van der Waals surface area (Å²) in [5.41, 5.74) is -0.917. The van der Waals surface area contributed by atoms with Crippen LogP contribution in [0.25, 0.3) is 10.7 Å². The van der Waals surface area contributed by atoms with E-state index in [0.29, 0.717) is 5.82 Å². The number of hydrogen-bond acceptors (Lipinski definition) is 4. The minimum absolute atomic E-state index is 0.119. The fourth-order valence-electron chi connectivity index (χ4n) is 2.99. The monoisotopic (exact) mass is 422 g/mol. The summed E-state index contributed by atoms with van der Waals surface area (Å²) in [6.45, 7) is 0.300. The molecular weight excluding hydrogens is 405 g/mol. The van der Waals surface area contributed by atoms with Gasteiger partial charge in [0.05, 0.1) is 17.0 Å². The van der Waals surface area contributed by atoms with E-state index < -0.39 is 17.6 Å². The molecule has 2 aromatic heterocycles. The summed E-state index contributed by atoms with van der Waals surface area (Å²) in [7, 11) is 0. The highest BCUT2D eigenvalue weighted by Gasteiger charge is 2.31. The molecule has 1 N–H and O–H groups in total. The zero-order chi connectivity index (χ0) is 20.6. The van der Waals surface area contributed by atoms with Crippen LogP contribution in [0.4, 0.5) is 13.2 Å². The Labute approximate surface area is 167 Å². The number of rotatable bonds is 6. The van der Waals surface area contributed by atoms with Gasteiger partial charge in [0.15, 0.2) is 5.82 Å². The number of nitrogens with zero attached hydrogens (tertiary/aromatic N) is 3. The van der Waals surface area contributed by atoms with Crippen molar-refractivity contribution in [3.8, 4) is 10.7 Å². The van der Waals surface area contributed by atoms with Crippen LogP contribution in [0.3, 0.4) is 0 Å². The van der Waals surface area contributed by atoms with E-state index in [-0.39, 0.29) is 30.4 Å². The molecule has 1 saturated carbocycles. The number of hydrogen-bond donors (Lipinski definition) is 1. The molecule has 0 saturated heterocycles. The van der Waals surface area contributed by atoms with Crippen LogP contribution in [-0.2, 0) is 12.7 Å². The molecule has 0 spiro atoms. The van der Waals surface area contributed by atoms with Crippen LogP contribution >= 0.6 is 11.3 Å². The van der Waals surface area contributed by atoms with E-state index >= 15 is 0 Å². The Morgan fingerprint density at radius 3 is 2.52 bits per heavy atom. The predicted molar refractivity (Wildman–Crippen MR) is 102 cm³/mol. The third kappa shape index (κ3) is 4.12. The summed E-state index contributed by atoms with van der Waals surface area (Å²) in [6, 6.07) is 7.94. The van der Waals surface area contributed by atoms with Gasteiger partial charge in [-0.05, 0) is 48.6 Å². The summed E-state index contributed by atoms with van der Waals surface area (Å²) in [5.74, 6) is 0.119. The molecule has 1 amide bonds. The molecule has 0 atom stereocenters. The molecule has 0 unspecified atom stereocenters. The fraction of sp³-hybridized carbons (Fsp3) is 0.316. The number of carbonyl (C=O) groups excluding carboxylic acids is 1. The second kappa shape index (κ2) is 7.51. The molecule has 0 radical (unpaired) electrons. The molecule has 1 aliphatic rings. The Morgan fingerprint density at radius 2 is 1.93 bits per heavy atom. The maximum Gasteiger partial charge on any atom is 0.416 e. The number of aromatic nitrogens is 3. The molecular formula is C19H17F3N4O2S. The standard InChI is InChI=1S/C19H17F3N4O2S/c20-19(21,22)13-5-3-12(4-6-13)17(27)23-9-10-25-18(28)26(14-7-8-14)16(24-25)15-2-1-11-29-15/h1-6,11,14H,7-10H2,(H,23,27). The van der Waals surface area contributed by atoms with Gasteiger partial charge in [0, 0.05) is 18.2 Å². The fourth-order valence-corrected chi connectivity index (χ4v) is 3.69. The highest BCUT2D eigenvalue weighted by atomic mass is 32.1. The minimum Gasteiger partial charge on any atom is -0.350 e. The van der Waals surface area contributed by atoms with Crippen LogP contribution in [0.5, 0.6) is 0 Å². The first kappa shape index (κ1) is 19.4. The zero-order valence-corrected chi connectivity index (χ0v) is 16.0. The third-order valence-corrected chi connectivity index (χ3v) is 5.47. The van der Waals surface area contributed by atoms with Crippen molar-refractivity contribution in [2.75, 3.05) is 6.54 Å². The van der Waals surface area contributed by atoms with E-state index in [2.05, 4.69) is 10.4 Å². The molecule has 2 heterocycles. The number of nitrogens with one attached hydrogen (secondary N) is 1. The number of halogens is 3. The largest absolute Gasteiger partial charge is 0.416 e. The number of thiophene rings is 1. The SMILES string of the molecule is O=C(NCCn1nc(-c2cccs2)n(C2CC2)c1=O)c1ccc(C(F)(F)F)cc1. The van der Waals surface area contributed by atoms with E-state index in [1.54, 1.807) is 4.57 Å². The Morgan fingerprint density at radius 1 is 1.21 bits per heavy atom. The lowest BCUT2D eigenvalue weighted by Gasteiger charge is -2.08.